The SMILES string of the molecule is C=CC(=O)OCC(CC)(COC(=O)C=C)COC(=O)C=C.CCC(COC(=O)CCNCCN)(COC(=O)CCNCCN)COC(=O)CCNCCN.NCCN. The molecule has 0 saturated heterocycles. The van der Waals surface area contributed by atoms with E-state index in [9.17, 15) is 28.8 Å². The number of hydrogen-bond donors (Lipinski definition) is 8. The first-order chi connectivity index (χ1) is 27.8. The Morgan fingerprint density at radius 2 is 0.672 bits per heavy atom. The molecule has 0 aromatic rings. The van der Waals surface area contributed by atoms with Crippen LogP contribution in [0.5, 0.6) is 0 Å². The van der Waals surface area contributed by atoms with E-state index >= 15 is 0 Å². The predicted octanol–water partition coefficient (Wildman–Crippen LogP) is -1.70. The van der Waals surface area contributed by atoms with Crippen molar-refractivity contribution >= 4 is 35.8 Å². The second-order valence-electron chi connectivity index (χ2n) is 12.6. The van der Waals surface area contributed by atoms with Gasteiger partial charge in [-0.1, -0.05) is 33.6 Å². The molecule has 0 aromatic carbocycles. The van der Waals surface area contributed by atoms with Crippen LogP contribution in [-0.4, -0.2) is 147 Å². The van der Waals surface area contributed by atoms with Gasteiger partial charge in [0, 0.05) is 90.2 Å². The minimum absolute atomic E-state index is 0.0311. The topological polar surface area (TPSA) is 324 Å². The average Bonchev–Trinajstić information content (AvgIpc) is 3.25. The standard InChI is InChI=1S/C21H44N6O6.C15H20O6.C2H8N2/c1-2-21(15-31-18(28)3-9-25-12-6-22,16-32-19(29)4-10-26-13-7-23)17-33-20(30)5-11-27-14-8-24;1-5-12(16)19-9-15(8-4,10-20-13(17)6-2)11-21-14(18)7-3;3-1-2-4/h25-27H,2-17,22-24H2,1H3;5-7H,1-3,8-11H2,4H3;1-4H2. The van der Waals surface area contributed by atoms with Crippen molar-refractivity contribution in [2.45, 2.75) is 46.0 Å². The highest BCUT2D eigenvalue weighted by Crippen LogP contribution is 2.26. The van der Waals surface area contributed by atoms with Gasteiger partial charge in [0.25, 0.3) is 0 Å². The lowest BCUT2D eigenvalue weighted by atomic mass is 9.88. The Labute approximate surface area is 343 Å². The van der Waals surface area contributed by atoms with Gasteiger partial charge in [0.05, 0.1) is 30.1 Å². The van der Waals surface area contributed by atoms with E-state index in [1.54, 1.807) is 6.92 Å². The maximum absolute atomic E-state index is 12.1. The normalized spacial score (nSPS) is 10.6. The number of nitrogens with one attached hydrogen (secondary N) is 3. The summed E-state index contributed by atoms with van der Waals surface area (Å²) in [7, 11) is 0. The molecule has 0 unspecified atom stereocenters. The lowest BCUT2D eigenvalue weighted by molar-refractivity contribution is -0.163. The first-order valence-electron chi connectivity index (χ1n) is 19.2. The molecule has 0 aliphatic carbocycles. The molecule has 0 bridgehead atoms. The number of rotatable bonds is 33. The summed E-state index contributed by atoms with van der Waals surface area (Å²) in [6.45, 7) is 19.0. The van der Waals surface area contributed by atoms with E-state index in [4.69, 9.17) is 57.1 Å². The van der Waals surface area contributed by atoms with Gasteiger partial charge in [0.15, 0.2) is 0 Å². The van der Waals surface area contributed by atoms with Gasteiger partial charge in [0.2, 0.25) is 0 Å². The summed E-state index contributed by atoms with van der Waals surface area (Å²) in [6.07, 6.45) is 4.52. The molecule has 0 atom stereocenters. The maximum Gasteiger partial charge on any atom is 0.330 e. The van der Waals surface area contributed by atoms with Gasteiger partial charge in [-0.15, -0.1) is 0 Å². The van der Waals surface area contributed by atoms with Crippen molar-refractivity contribution < 1.29 is 57.2 Å². The van der Waals surface area contributed by atoms with Gasteiger partial charge in [0.1, 0.15) is 39.6 Å². The number of ether oxygens (including phenoxy) is 6. The molecule has 13 N–H and O–H groups in total. The van der Waals surface area contributed by atoms with E-state index in [2.05, 4.69) is 35.7 Å². The third-order valence-corrected chi connectivity index (χ3v) is 7.83. The summed E-state index contributed by atoms with van der Waals surface area (Å²) in [5.41, 5.74) is 24.4. The first kappa shape index (κ1) is 58.0. The minimum Gasteiger partial charge on any atom is -0.465 e. The van der Waals surface area contributed by atoms with Crippen LogP contribution in [0.3, 0.4) is 0 Å². The van der Waals surface area contributed by atoms with E-state index in [1.807, 2.05) is 6.92 Å². The van der Waals surface area contributed by atoms with Crippen LogP contribution >= 0.6 is 0 Å². The monoisotopic (exact) mass is 833 g/mol. The highest BCUT2D eigenvalue weighted by atomic mass is 16.6. The van der Waals surface area contributed by atoms with Crippen LogP contribution in [0.4, 0.5) is 0 Å². The maximum atomic E-state index is 12.1. The average molecular weight is 833 g/mol. The van der Waals surface area contributed by atoms with Gasteiger partial charge in [-0.3, -0.25) is 14.4 Å². The fourth-order valence-electron chi connectivity index (χ4n) is 3.88. The van der Waals surface area contributed by atoms with Crippen molar-refractivity contribution in [2.75, 3.05) is 112 Å². The third-order valence-electron chi connectivity index (χ3n) is 7.83. The fraction of sp³-hybridized carbons (Fsp3) is 0.684. The van der Waals surface area contributed by atoms with Crippen LogP contribution in [-0.2, 0) is 57.2 Å². The number of carbonyl (C=O) groups is 6. The highest BCUT2D eigenvalue weighted by Gasteiger charge is 2.35. The summed E-state index contributed by atoms with van der Waals surface area (Å²) in [5.74, 6) is -3.03. The first-order valence-corrected chi connectivity index (χ1v) is 19.2. The molecular weight excluding hydrogens is 760 g/mol. The number of nitrogens with two attached hydrogens (primary N) is 5. The molecule has 20 heteroatoms. The summed E-state index contributed by atoms with van der Waals surface area (Å²) in [6, 6.07) is 0. The second kappa shape index (κ2) is 39.5. The van der Waals surface area contributed by atoms with Crippen LogP contribution < -0.4 is 44.6 Å². The third kappa shape index (κ3) is 33.8. The van der Waals surface area contributed by atoms with Crippen LogP contribution in [0, 0.1) is 10.8 Å². The van der Waals surface area contributed by atoms with E-state index in [1.165, 1.54) is 0 Å². The fourth-order valence-corrected chi connectivity index (χ4v) is 3.88. The Morgan fingerprint density at radius 3 is 0.862 bits per heavy atom. The smallest absolute Gasteiger partial charge is 0.330 e. The molecule has 0 saturated carbocycles. The molecule has 0 rings (SSSR count). The summed E-state index contributed by atoms with van der Waals surface area (Å²) in [4.78, 5) is 69.8. The Bertz CT molecular complexity index is 1050. The summed E-state index contributed by atoms with van der Waals surface area (Å²) in [5, 5.41) is 9.07. The molecule has 0 fully saturated rings. The summed E-state index contributed by atoms with van der Waals surface area (Å²) >= 11 is 0. The van der Waals surface area contributed by atoms with Crippen molar-refractivity contribution in [1.82, 2.24) is 16.0 Å². The Hall–Kier alpha value is -4.28. The second-order valence-corrected chi connectivity index (χ2v) is 12.6. The van der Waals surface area contributed by atoms with Crippen LogP contribution in [0.25, 0.3) is 0 Å². The molecule has 0 aliphatic rings. The molecule has 0 aliphatic heterocycles. The Morgan fingerprint density at radius 1 is 0.431 bits per heavy atom. The molecule has 58 heavy (non-hydrogen) atoms. The van der Waals surface area contributed by atoms with Crippen LogP contribution in [0.2, 0.25) is 0 Å². The number of carbonyl (C=O) groups excluding carboxylic acids is 6. The zero-order chi connectivity index (χ0) is 44.5. The molecule has 0 radical (unpaired) electrons. The van der Waals surface area contributed by atoms with E-state index < -0.39 is 46.6 Å². The van der Waals surface area contributed by atoms with Gasteiger partial charge in [-0.2, -0.15) is 0 Å². The molecule has 0 heterocycles. The van der Waals surface area contributed by atoms with Crippen molar-refractivity contribution in [3.05, 3.63) is 38.0 Å². The zero-order valence-electron chi connectivity index (χ0n) is 34.7. The molecule has 0 amide bonds. The number of esters is 6. The van der Waals surface area contributed by atoms with Gasteiger partial charge < -0.3 is 73.0 Å². The lowest BCUT2D eigenvalue weighted by Crippen LogP contribution is -2.39. The molecule has 20 nitrogen and oxygen atoms in total. The Kier molecular flexibility index (Phi) is 39.6. The van der Waals surface area contributed by atoms with Gasteiger partial charge in [-0.05, 0) is 12.8 Å². The molecule has 0 spiro atoms. The predicted molar refractivity (Wildman–Crippen MR) is 220 cm³/mol. The van der Waals surface area contributed by atoms with Crippen LogP contribution in [0.15, 0.2) is 38.0 Å². The van der Waals surface area contributed by atoms with E-state index in [0.717, 1.165) is 18.2 Å². The van der Waals surface area contributed by atoms with E-state index in [0.29, 0.717) is 84.8 Å². The molecule has 336 valence electrons. The minimum atomic E-state index is -0.837. The summed E-state index contributed by atoms with van der Waals surface area (Å²) < 4.78 is 31.2. The van der Waals surface area contributed by atoms with Gasteiger partial charge in [-0.25, -0.2) is 14.4 Å². The van der Waals surface area contributed by atoms with Crippen molar-refractivity contribution in [3.8, 4) is 0 Å². The molecule has 0 aromatic heterocycles. The van der Waals surface area contributed by atoms with E-state index in [-0.39, 0.29) is 58.9 Å². The zero-order valence-corrected chi connectivity index (χ0v) is 34.7. The molecular formula is C38H72N8O12. The number of hydrogen-bond acceptors (Lipinski definition) is 20. The van der Waals surface area contributed by atoms with Crippen molar-refractivity contribution in [1.29, 1.82) is 0 Å². The quantitative estimate of drug-likeness (QED) is 0.0158. The lowest BCUT2D eigenvalue weighted by Gasteiger charge is -2.31. The van der Waals surface area contributed by atoms with Crippen molar-refractivity contribution in [2.24, 2.45) is 39.5 Å². The highest BCUT2D eigenvalue weighted by molar-refractivity contribution is 5.82. The van der Waals surface area contributed by atoms with Gasteiger partial charge >= 0.3 is 35.8 Å². The Balaban J connectivity index is -0.00000103. The van der Waals surface area contributed by atoms with Crippen LogP contribution in [0.1, 0.15) is 46.0 Å². The largest absolute Gasteiger partial charge is 0.465 e. The van der Waals surface area contributed by atoms with Crippen molar-refractivity contribution in [3.63, 3.8) is 0 Å².